The van der Waals surface area contributed by atoms with Crippen molar-refractivity contribution in [2.45, 2.75) is 26.3 Å². The van der Waals surface area contributed by atoms with Crippen LogP contribution in [0.4, 0.5) is 0 Å². The van der Waals surface area contributed by atoms with Gasteiger partial charge in [0.15, 0.2) is 0 Å². The van der Waals surface area contributed by atoms with Gasteiger partial charge in [-0.1, -0.05) is 49.7 Å². The zero-order chi connectivity index (χ0) is 20.7. The highest BCUT2D eigenvalue weighted by Crippen LogP contribution is 2.40. The molecule has 0 aliphatic rings. The minimum absolute atomic E-state index is 0.158. The molecule has 0 atom stereocenters. The van der Waals surface area contributed by atoms with E-state index in [0.29, 0.717) is 27.9 Å². The van der Waals surface area contributed by atoms with Gasteiger partial charge in [-0.05, 0) is 47.4 Å². The largest absolute Gasteiger partial charge is 0.507 e. The standard InChI is InChI=1S/C24H22ClNO3/c1-14(2)16-11-20-23(21(27)12-16)22-17(24(28)29-3)8-6-10-19(22)26(20)13-15-7-4-5-9-18(15)25/h4-12,14,27H,13H2,1-3H3. The second-order valence-corrected chi connectivity index (χ2v) is 7.86. The monoisotopic (exact) mass is 407 g/mol. The van der Waals surface area contributed by atoms with Crippen LogP contribution in [0, 0.1) is 0 Å². The van der Waals surface area contributed by atoms with Crippen molar-refractivity contribution in [3.05, 3.63) is 76.3 Å². The Bertz CT molecular complexity index is 1240. The van der Waals surface area contributed by atoms with Crippen LogP contribution in [0.3, 0.4) is 0 Å². The molecular formula is C24H22ClNO3. The van der Waals surface area contributed by atoms with Crippen molar-refractivity contribution in [2.75, 3.05) is 7.11 Å². The van der Waals surface area contributed by atoms with E-state index in [1.165, 1.54) is 7.11 Å². The van der Waals surface area contributed by atoms with Crippen LogP contribution >= 0.6 is 11.6 Å². The number of hydrogen-bond donors (Lipinski definition) is 1. The molecule has 0 amide bonds. The summed E-state index contributed by atoms with van der Waals surface area (Å²) in [5.74, 6) is -0.0256. The van der Waals surface area contributed by atoms with Crippen molar-refractivity contribution in [1.82, 2.24) is 4.57 Å². The number of methoxy groups -OCH3 is 1. The van der Waals surface area contributed by atoms with Crippen LogP contribution in [0.15, 0.2) is 54.6 Å². The molecule has 1 aromatic heterocycles. The lowest BCUT2D eigenvalue weighted by atomic mass is 9.99. The van der Waals surface area contributed by atoms with Crippen molar-refractivity contribution in [2.24, 2.45) is 0 Å². The third-order valence-electron chi connectivity index (χ3n) is 5.35. The lowest BCUT2D eigenvalue weighted by Crippen LogP contribution is -2.03. The summed E-state index contributed by atoms with van der Waals surface area (Å²) in [7, 11) is 1.36. The first-order valence-electron chi connectivity index (χ1n) is 9.52. The minimum atomic E-state index is -0.431. The van der Waals surface area contributed by atoms with Crippen LogP contribution in [0.1, 0.15) is 41.3 Å². The van der Waals surface area contributed by atoms with Gasteiger partial charge >= 0.3 is 5.97 Å². The van der Waals surface area contributed by atoms with Crippen molar-refractivity contribution < 1.29 is 14.6 Å². The average Bonchev–Trinajstić information content (AvgIpc) is 3.03. The number of aromatic nitrogens is 1. The first-order valence-corrected chi connectivity index (χ1v) is 9.89. The van der Waals surface area contributed by atoms with Crippen LogP contribution < -0.4 is 0 Å². The smallest absolute Gasteiger partial charge is 0.338 e. The Labute approximate surface area is 174 Å². The predicted molar refractivity (Wildman–Crippen MR) is 117 cm³/mol. The molecule has 4 nitrogen and oxygen atoms in total. The van der Waals surface area contributed by atoms with E-state index in [0.717, 1.165) is 22.2 Å². The van der Waals surface area contributed by atoms with Gasteiger partial charge in [0.1, 0.15) is 5.75 Å². The number of phenolic OH excluding ortho intramolecular Hbond substituents is 1. The fourth-order valence-corrected chi connectivity index (χ4v) is 4.04. The van der Waals surface area contributed by atoms with Crippen LogP contribution in [0.25, 0.3) is 21.8 Å². The molecule has 0 aliphatic heterocycles. The maximum atomic E-state index is 12.4. The Morgan fingerprint density at radius 2 is 1.83 bits per heavy atom. The summed E-state index contributed by atoms with van der Waals surface area (Å²) in [5.41, 5.74) is 4.13. The molecule has 4 aromatic rings. The number of benzene rings is 3. The van der Waals surface area contributed by atoms with Crippen molar-refractivity contribution in [1.29, 1.82) is 0 Å². The molecule has 5 heteroatoms. The van der Waals surface area contributed by atoms with E-state index >= 15 is 0 Å². The second-order valence-electron chi connectivity index (χ2n) is 7.46. The molecule has 0 fully saturated rings. The fourth-order valence-electron chi connectivity index (χ4n) is 3.84. The minimum Gasteiger partial charge on any atom is -0.507 e. The number of hydrogen-bond acceptors (Lipinski definition) is 3. The summed E-state index contributed by atoms with van der Waals surface area (Å²) in [5, 5.41) is 12.9. The number of aromatic hydroxyl groups is 1. The van der Waals surface area contributed by atoms with Crippen LogP contribution in [-0.2, 0) is 11.3 Å². The van der Waals surface area contributed by atoms with Gasteiger partial charge in [0.2, 0.25) is 0 Å². The van der Waals surface area contributed by atoms with Crippen LogP contribution in [-0.4, -0.2) is 22.8 Å². The van der Waals surface area contributed by atoms with Gasteiger partial charge in [0.25, 0.3) is 0 Å². The molecule has 3 aromatic carbocycles. The Morgan fingerprint density at radius 3 is 2.52 bits per heavy atom. The zero-order valence-corrected chi connectivity index (χ0v) is 17.3. The van der Waals surface area contributed by atoms with Crippen LogP contribution in [0.2, 0.25) is 5.02 Å². The van der Waals surface area contributed by atoms with E-state index in [4.69, 9.17) is 16.3 Å². The van der Waals surface area contributed by atoms with Gasteiger partial charge in [0, 0.05) is 17.0 Å². The first kappa shape index (κ1) is 19.3. The molecular weight excluding hydrogens is 386 g/mol. The fraction of sp³-hybridized carbons (Fsp3) is 0.208. The lowest BCUT2D eigenvalue weighted by molar-refractivity contribution is 0.0603. The highest BCUT2D eigenvalue weighted by atomic mass is 35.5. The number of carbonyl (C=O) groups is 1. The molecule has 0 saturated heterocycles. The molecule has 0 radical (unpaired) electrons. The number of nitrogens with zero attached hydrogens (tertiary/aromatic N) is 1. The van der Waals surface area contributed by atoms with Gasteiger partial charge in [-0.15, -0.1) is 0 Å². The van der Waals surface area contributed by atoms with E-state index in [1.54, 1.807) is 12.1 Å². The predicted octanol–water partition coefficient (Wildman–Crippen LogP) is 6.11. The number of rotatable bonds is 4. The third-order valence-corrected chi connectivity index (χ3v) is 5.72. The molecule has 0 aliphatic carbocycles. The van der Waals surface area contributed by atoms with E-state index in [-0.39, 0.29) is 11.7 Å². The number of halogens is 1. The highest BCUT2D eigenvalue weighted by molar-refractivity contribution is 6.31. The van der Waals surface area contributed by atoms with Gasteiger partial charge in [-0.3, -0.25) is 0 Å². The Hall–Kier alpha value is -2.98. The zero-order valence-electron chi connectivity index (χ0n) is 16.6. The quantitative estimate of drug-likeness (QED) is 0.415. The van der Waals surface area contributed by atoms with Gasteiger partial charge in [0.05, 0.1) is 29.1 Å². The summed E-state index contributed by atoms with van der Waals surface area (Å²) >= 11 is 6.42. The lowest BCUT2D eigenvalue weighted by Gasteiger charge is -2.12. The van der Waals surface area contributed by atoms with E-state index in [2.05, 4.69) is 24.5 Å². The van der Waals surface area contributed by atoms with E-state index in [1.807, 2.05) is 36.4 Å². The summed E-state index contributed by atoms with van der Waals surface area (Å²) in [6.45, 7) is 4.69. The Morgan fingerprint density at radius 1 is 1.07 bits per heavy atom. The SMILES string of the molecule is COC(=O)c1cccc2c1c1c(O)cc(C(C)C)cc1n2Cc1ccccc1Cl. The number of fused-ring (bicyclic) bond motifs is 3. The summed E-state index contributed by atoms with van der Waals surface area (Å²) in [4.78, 5) is 12.4. The maximum absolute atomic E-state index is 12.4. The number of carbonyl (C=O) groups excluding carboxylic acids is 1. The Kier molecular flexibility index (Phi) is 4.97. The number of phenols is 1. The summed E-state index contributed by atoms with van der Waals surface area (Å²) in [6.07, 6.45) is 0. The molecule has 148 valence electrons. The molecule has 4 rings (SSSR count). The third kappa shape index (κ3) is 3.23. The van der Waals surface area contributed by atoms with Crippen molar-refractivity contribution >= 4 is 39.4 Å². The van der Waals surface area contributed by atoms with E-state index in [9.17, 15) is 9.90 Å². The second kappa shape index (κ2) is 7.45. The molecule has 0 unspecified atom stereocenters. The number of esters is 1. The topological polar surface area (TPSA) is 51.5 Å². The highest BCUT2D eigenvalue weighted by Gasteiger charge is 2.22. The molecule has 0 bridgehead atoms. The Balaban J connectivity index is 2.11. The normalized spacial score (nSPS) is 11.5. The molecule has 29 heavy (non-hydrogen) atoms. The molecule has 1 heterocycles. The van der Waals surface area contributed by atoms with Gasteiger partial charge < -0.3 is 14.4 Å². The van der Waals surface area contributed by atoms with Gasteiger partial charge in [-0.2, -0.15) is 0 Å². The summed E-state index contributed by atoms with van der Waals surface area (Å²) < 4.78 is 7.09. The van der Waals surface area contributed by atoms with Crippen molar-refractivity contribution in [3.63, 3.8) is 0 Å². The molecule has 0 saturated carbocycles. The summed E-state index contributed by atoms with van der Waals surface area (Å²) in [6, 6.07) is 17.1. The molecule has 0 spiro atoms. The van der Waals surface area contributed by atoms with Gasteiger partial charge in [-0.25, -0.2) is 4.79 Å². The average molecular weight is 408 g/mol. The number of ether oxygens (including phenoxy) is 1. The molecule has 1 N–H and O–H groups in total. The van der Waals surface area contributed by atoms with Crippen LogP contribution in [0.5, 0.6) is 5.75 Å². The maximum Gasteiger partial charge on any atom is 0.338 e. The first-order chi connectivity index (χ1) is 13.9. The van der Waals surface area contributed by atoms with E-state index < -0.39 is 5.97 Å². The van der Waals surface area contributed by atoms with Crippen molar-refractivity contribution in [3.8, 4) is 5.75 Å².